The van der Waals surface area contributed by atoms with Gasteiger partial charge >= 0.3 is 6.18 Å². The Bertz CT molecular complexity index is 1750. The molecule has 1 aliphatic carbocycles. The normalized spacial score (nSPS) is 17.9. The van der Waals surface area contributed by atoms with E-state index in [1.54, 1.807) is 5.10 Å². The zero-order valence-corrected chi connectivity index (χ0v) is 21.9. The van der Waals surface area contributed by atoms with Crippen LogP contribution in [0.25, 0.3) is 22.2 Å². The Labute approximate surface area is 232 Å². The Morgan fingerprint density at radius 1 is 1.00 bits per heavy atom. The van der Waals surface area contributed by atoms with Gasteiger partial charge < -0.3 is 9.88 Å². The molecule has 15 heteroatoms. The molecule has 222 valence electrons. The second-order valence-corrected chi connectivity index (χ2v) is 10.4. The molecular formula is C27H23F7N6O2. The van der Waals surface area contributed by atoms with Gasteiger partial charge in [0.2, 0.25) is 0 Å². The Morgan fingerprint density at radius 2 is 1.71 bits per heavy atom. The summed E-state index contributed by atoms with van der Waals surface area (Å²) in [6, 6.07) is 1.40. The van der Waals surface area contributed by atoms with E-state index in [0.717, 1.165) is 41.5 Å². The Hall–Kier alpha value is -4.30. The molecule has 0 unspecified atom stereocenters. The van der Waals surface area contributed by atoms with Crippen molar-refractivity contribution < 1.29 is 30.7 Å². The van der Waals surface area contributed by atoms with E-state index in [9.17, 15) is 31.5 Å². The first kappa shape index (κ1) is 29.2. The maximum absolute atomic E-state index is 15.2. The molecular weight excluding hydrogens is 573 g/mol. The molecule has 1 aliphatic rings. The molecule has 1 aromatic carbocycles. The molecule has 5 rings (SSSR count). The van der Waals surface area contributed by atoms with E-state index in [1.165, 1.54) is 0 Å². The molecule has 1 fully saturated rings. The number of H-pyrrole nitrogens is 1. The monoisotopic (exact) mass is 596 g/mol. The average Bonchev–Trinajstić information content (AvgIpc) is 2.90. The number of alkyl halides is 5. The molecule has 2 atom stereocenters. The van der Waals surface area contributed by atoms with Gasteiger partial charge in [-0.15, -0.1) is 0 Å². The first-order valence-corrected chi connectivity index (χ1v) is 12.9. The minimum absolute atomic E-state index is 0.0167. The zero-order chi connectivity index (χ0) is 30.4. The van der Waals surface area contributed by atoms with Crippen molar-refractivity contribution in [3.63, 3.8) is 0 Å². The van der Waals surface area contributed by atoms with E-state index in [-0.39, 0.29) is 34.6 Å². The third-order valence-electron chi connectivity index (χ3n) is 7.26. The molecule has 0 radical (unpaired) electrons. The molecule has 0 amide bonds. The lowest BCUT2D eigenvalue weighted by Crippen LogP contribution is -2.34. The number of anilines is 1. The van der Waals surface area contributed by atoms with Crippen LogP contribution in [0.3, 0.4) is 0 Å². The number of benzene rings is 1. The summed E-state index contributed by atoms with van der Waals surface area (Å²) >= 11 is 0. The lowest BCUT2D eigenvalue weighted by molar-refractivity contribution is -0.138. The van der Waals surface area contributed by atoms with Crippen molar-refractivity contribution in [3.05, 3.63) is 80.4 Å². The number of aromatic amines is 1. The second kappa shape index (κ2) is 10.8. The van der Waals surface area contributed by atoms with Crippen molar-refractivity contribution in [2.75, 3.05) is 5.32 Å². The summed E-state index contributed by atoms with van der Waals surface area (Å²) in [5.74, 6) is -5.53. The molecule has 3 heterocycles. The lowest BCUT2D eigenvalue weighted by Gasteiger charge is -2.31. The van der Waals surface area contributed by atoms with E-state index in [2.05, 4.69) is 20.4 Å². The number of nitrogens with one attached hydrogen (secondary N) is 2. The van der Waals surface area contributed by atoms with Crippen molar-refractivity contribution in [3.8, 4) is 11.4 Å². The van der Waals surface area contributed by atoms with Crippen molar-refractivity contribution >= 4 is 16.5 Å². The largest absolute Gasteiger partial charge is 0.423 e. The van der Waals surface area contributed by atoms with Crippen LogP contribution in [0.4, 0.5) is 36.4 Å². The number of nitrogens with zero attached hydrogens (tertiary/aromatic N) is 4. The zero-order valence-electron chi connectivity index (χ0n) is 21.9. The van der Waals surface area contributed by atoms with Gasteiger partial charge in [-0.3, -0.25) is 9.59 Å². The van der Waals surface area contributed by atoms with Gasteiger partial charge in [0, 0.05) is 43.5 Å². The number of fused-ring (bicyclic) bond motifs is 1. The molecule has 42 heavy (non-hydrogen) atoms. The Balaban J connectivity index is 1.39. The number of hydrogen-bond acceptors (Lipinski definition) is 6. The number of rotatable bonds is 6. The van der Waals surface area contributed by atoms with Gasteiger partial charge in [0.1, 0.15) is 17.2 Å². The predicted octanol–water partition coefficient (Wildman–Crippen LogP) is 5.62. The molecule has 2 N–H and O–H groups in total. The minimum Gasteiger partial charge on any atom is -0.380 e. The van der Waals surface area contributed by atoms with Crippen molar-refractivity contribution in [2.45, 2.75) is 57.3 Å². The predicted molar refractivity (Wildman–Crippen MR) is 138 cm³/mol. The van der Waals surface area contributed by atoms with E-state index < -0.39 is 57.7 Å². The van der Waals surface area contributed by atoms with Crippen LogP contribution >= 0.6 is 0 Å². The Kier molecular flexibility index (Phi) is 7.53. The summed E-state index contributed by atoms with van der Waals surface area (Å²) in [7, 11) is 0. The van der Waals surface area contributed by atoms with Crippen molar-refractivity contribution in [1.82, 2.24) is 24.7 Å². The highest BCUT2D eigenvalue weighted by molar-refractivity contribution is 5.86. The summed E-state index contributed by atoms with van der Waals surface area (Å²) < 4.78 is 98.5. The van der Waals surface area contributed by atoms with Gasteiger partial charge in [0.25, 0.3) is 17.0 Å². The Morgan fingerprint density at radius 3 is 2.38 bits per heavy atom. The lowest BCUT2D eigenvalue weighted by atomic mass is 9.85. The summed E-state index contributed by atoms with van der Waals surface area (Å²) in [5, 5.41) is 7.49. The van der Waals surface area contributed by atoms with Crippen LogP contribution in [0.2, 0.25) is 0 Å². The van der Waals surface area contributed by atoms with Gasteiger partial charge in [-0.1, -0.05) is 6.42 Å². The standard InChI is InChI=1S/C27H23F7N6O2/c1-26(30,31)14-8-35-23(36-9-14)18-6-16-17(7-19(18)28)25(42)40(12-20(16)29)11-13-3-2-4-15(5-13)38-21-10-37-39-24(41)22(21)27(32,33)34/h6-10,12-13,15H,2-5,11H2,1H3,(H2,38,39,41)/t13-,15+/m1/s1. The quantitative estimate of drug-likeness (QED) is 0.280. The van der Waals surface area contributed by atoms with Gasteiger partial charge in [0.05, 0.1) is 28.4 Å². The van der Waals surface area contributed by atoms with E-state index in [1.807, 2.05) is 0 Å². The number of aromatic nitrogens is 5. The maximum atomic E-state index is 15.2. The smallest absolute Gasteiger partial charge is 0.380 e. The first-order chi connectivity index (χ1) is 19.7. The molecule has 4 aromatic rings. The number of halogens is 7. The highest BCUT2D eigenvalue weighted by Gasteiger charge is 2.38. The minimum atomic E-state index is -4.91. The van der Waals surface area contributed by atoms with E-state index in [0.29, 0.717) is 32.6 Å². The SMILES string of the molecule is CC(F)(F)c1cnc(-c2cc3c(F)cn(C[C@@H]4CCC[C@H](Nc5cn[nH]c(=O)c5C(F)(F)F)C4)c(=O)c3cc2F)nc1. The van der Waals surface area contributed by atoms with Gasteiger partial charge in [-0.2, -0.15) is 18.3 Å². The third kappa shape index (κ3) is 5.85. The molecule has 1 saturated carbocycles. The highest BCUT2D eigenvalue weighted by atomic mass is 19.4. The highest BCUT2D eigenvalue weighted by Crippen LogP contribution is 2.34. The topological polar surface area (TPSA) is 106 Å². The van der Waals surface area contributed by atoms with Crippen LogP contribution < -0.4 is 16.4 Å². The van der Waals surface area contributed by atoms with Crippen molar-refractivity contribution in [1.29, 1.82) is 0 Å². The molecule has 0 bridgehead atoms. The fourth-order valence-corrected chi connectivity index (χ4v) is 5.24. The fourth-order valence-electron chi connectivity index (χ4n) is 5.24. The molecule has 0 saturated heterocycles. The summed E-state index contributed by atoms with van der Waals surface area (Å²) in [6.45, 7) is 0.669. The second-order valence-electron chi connectivity index (χ2n) is 10.4. The van der Waals surface area contributed by atoms with Crippen LogP contribution in [-0.2, 0) is 18.6 Å². The van der Waals surface area contributed by atoms with Crippen LogP contribution in [0.1, 0.15) is 43.7 Å². The summed E-state index contributed by atoms with van der Waals surface area (Å²) in [4.78, 5) is 32.5. The molecule has 0 spiro atoms. The molecule has 8 nitrogen and oxygen atoms in total. The fraction of sp³-hybridized carbons (Fsp3) is 0.370. The third-order valence-corrected chi connectivity index (χ3v) is 7.26. The summed E-state index contributed by atoms with van der Waals surface area (Å²) in [5.41, 5.74) is -4.68. The maximum Gasteiger partial charge on any atom is 0.423 e. The van der Waals surface area contributed by atoms with Crippen molar-refractivity contribution in [2.24, 2.45) is 5.92 Å². The number of hydrogen-bond donors (Lipinski definition) is 2. The summed E-state index contributed by atoms with van der Waals surface area (Å²) in [6.07, 6.45) is 0.616. The van der Waals surface area contributed by atoms with Gasteiger partial charge in [-0.05, 0) is 37.3 Å². The molecule has 0 aliphatic heterocycles. The van der Waals surface area contributed by atoms with E-state index >= 15 is 8.78 Å². The number of pyridine rings is 1. The van der Waals surface area contributed by atoms with Crippen LogP contribution in [0, 0.1) is 17.6 Å². The van der Waals surface area contributed by atoms with E-state index in [4.69, 9.17) is 0 Å². The van der Waals surface area contributed by atoms with Crippen LogP contribution in [-0.4, -0.2) is 30.8 Å². The van der Waals surface area contributed by atoms with Gasteiger partial charge in [0.15, 0.2) is 5.82 Å². The van der Waals surface area contributed by atoms with Gasteiger partial charge in [-0.25, -0.2) is 32.6 Å². The molecule has 3 aromatic heterocycles. The van der Waals surface area contributed by atoms with Crippen LogP contribution in [0.15, 0.2) is 46.5 Å². The first-order valence-electron chi connectivity index (χ1n) is 12.9. The van der Waals surface area contributed by atoms with Crippen LogP contribution in [0.5, 0.6) is 0 Å². The average molecular weight is 597 g/mol.